The zero-order valence-corrected chi connectivity index (χ0v) is 15.6. The van der Waals surface area contributed by atoms with Crippen LogP contribution in [0.1, 0.15) is 57.1 Å². The summed E-state index contributed by atoms with van der Waals surface area (Å²) in [6.07, 6.45) is 6.56. The number of nitrogens with zero attached hydrogens (tertiary/aromatic N) is 2. The average Bonchev–Trinajstić information content (AvgIpc) is 2.87. The van der Waals surface area contributed by atoms with Crippen LogP contribution in [0.5, 0.6) is 0 Å². The minimum Gasteiger partial charge on any atom is -0.354 e. The first kappa shape index (κ1) is 18.8. The number of nitrogens with one attached hydrogen (secondary N) is 2. The molecule has 1 unspecified atom stereocenters. The number of aliphatic imine (C=N–C) groups is 1. The average molecular weight is 331 g/mol. The summed E-state index contributed by atoms with van der Waals surface area (Å²) in [5, 5.41) is 6.82. The van der Waals surface area contributed by atoms with Gasteiger partial charge in [-0.1, -0.05) is 44.0 Å². The summed E-state index contributed by atoms with van der Waals surface area (Å²) in [7, 11) is 1.83. The van der Waals surface area contributed by atoms with Crippen molar-refractivity contribution in [3.63, 3.8) is 0 Å². The Hall–Kier alpha value is -1.55. The van der Waals surface area contributed by atoms with Gasteiger partial charge in [0, 0.05) is 26.2 Å². The molecule has 134 valence electrons. The van der Waals surface area contributed by atoms with Crippen LogP contribution in [0.3, 0.4) is 0 Å². The van der Waals surface area contributed by atoms with E-state index < -0.39 is 0 Å². The second kappa shape index (κ2) is 10.3. The maximum Gasteiger partial charge on any atom is 0.191 e. The third-order valence-corrected chi connectivity index (χ3v) is 4.78. The Morgan fingerprint density at radius 1 is 1.17 bits per heavy atom. The lowest BCUT2D eigenvalue weighted by molar-refractivity contribution is 0.277. The summed E-state index contributed by atoms with van der Waals surface area (Å²) >= 11 is 0. The summed E-state index contributed by atoms with van der Waals surface area (Å²) in [4.78, 5) is 6.90. The molecule has 1 aliphatic rings. The zero-order chi connectivity index (χ0) is 17.2. The first-order chi connectivity index (χ1) is 11.7. The van der Waals surface area contributed by atoms with Gasteiger partial charge >= 0.3 is 0 Å². The van der Waals surface area contributed by atoms with Gasteiger partial charge in [-0.05, 0) is 50.4 Å². The molecule has 0 aliphatic carbocycles. The molecule has 0 radical (unpaired) electrons. The predicted molar refractivity (Wildman–Crippen MR) is 103 cm³/mol. The van der Waals surface area contributed by atoms with Crippen LogP contribution in [-0.4, -0.2) is 37.0 Å². The molecule has 2 rings (SSSR count). The maximum absolute atomic E-state index is 4.30. The number of likely N-dealkylation sites (tertiary alicyclic amines) is 1. The van der Waals surface area contributed by atoms with Crippen molar-refractivity contribution in [2.75, 3.05) is 20.1 Å². The molecule has 0 amide bonds. The fourth-order valence-electron chi connectivity index (χ4n) is 3.11. The Morgan fingerprint density at radius 2 is 1.88 bits per heavy atom. The molecule has 4 nitrogen and oxygen atoms in total. The van der Waals surface area contributed by atoms with Crippen LogP contribution in [0.4, 0.5) is 0 Å². The van der Waals surface area contributed by atoms with Gasteiger partial charge in [0.2, 0.25) is 0 Å². The molecule has 24 heavy (non-hydrogen) atoms. The molecule has 2 N–H and O–H groups in total. The Kier molecular flexibility index (Phi) is 8.10. The van der Waals surface area contributed by atoms with Crippen molar-refractivity contribution in [1.29, 1.82) is 0 Å². The Morgan fingerprint density at radius 3 is 2.54 bits per heavy atom. The molecule has 0 saturated carbocycles. The maximum atomic E-state index is 4.30. The lowest BCUT2D eigenvalue weighted by atomic mass is 10.1. The molecule has 0 spiro atoms. The quantitative estimate of drug-likeness (QED) is 0.619. The first-order valence-corrected chi connectivity index (χ1v) is 9.48. The van der Waals surface area contributed by atoms with Crippen molar-refractivity contribution in [1.82, 2.24) is 15.5 Å². The van der Waals surface area contributed by atoms with E-state index in [1.165, 1.54) is 49.9 Å². The van der Waals surface area contributed by atoms with Gasteiger partial charge in [-0.2, -0.15) is 0 Å². The van der Waals surface area contributed by atoms with Crippen LogP contribution in [0.2, 0.25) is 0 Å². The summed E-state index contributed by atoms with van der Waals surface area (Å²) in [6.45, 7) is 8.73. The summed E-state index contributed by atoms with van der Waals surface area (Å²) in [6, 6.07) is 9.38. The zero-order valence-electron chi connectivity index (χ0n) is 15.6. The van der Waals surface area contributed by atoms with E-state index in [-0.39, 0.29) is 0 Å². The van der Waals surface area contributed by atoms with E-state index in [0.717, 1.165) is 25.5 Å². The highest BCUT2D eigenvalue weighted by Gasteiger charge is 2.10. The van der Waals surface area contributed by atoms with Crippen molar-refractivity contribution in [2.24, 2.45) is 4.99 Å². The topological polar surface area (TPSA) is 39.7 Å². The van der Waals surface area contributed by atoms with Gasteiger partial charge in [-0.15, -0.1) is 0 Å². The fourth-order valence-corrected chi connectivity index (χ4v) is 3.11. The van der Waals surface area contributed by atoms with Gasteiger partial charge in [-0.25, -0.2) is 0 Å². The van der Waals surface area contributed by atoms with Crippen molar-refractivity contribution in [3.8, 4) is 0 Å². The van der Waals surface area contributed by atoms with E-state index in [9.17, 15) is 0 Å². The number of benzene rings is 1. The smallest absolute Gasteiger partial charge is 0.191 e. The largest absolute Gasteiger partial charge is 0.354 e. The molecule has 0 bridgehead atoms. The van der Waals surface area contributed by atoms with Gasteiger partial charge in [0.05, 0.1) is 0 Å². The molecule has 1 aromatic carbocycles. The molecule has 4 heteroatoms. The van der Waals surface area contributed by atoms with Crippen LogP contribution in [0.15, 0.2) is 29.3 Å². The van der Waals surface area contributed by atoms with E-state index in [2.05, 4.69) is 58.6 Å². The molecule has 1 aromatic rings. The van der Waals surface area contributed by atoms with E-state index in [1.54, 1.807) is 0 Å². The predicted octanol–water partition coefficient (Wildman–Crippen LogP) is 3.53. The van der Waals surface area contributed by atoms with Crippen molar-refractivity contribution in [3.05, 3.63) is 35.4 Å². The molecule has 1 saturated heterocycles. The second-order valence-corrected chi connectivity index (χ2v) is 6.89. The third kappa shape index (κ3) is 6.52. The highest BCUT2D eigenvalue weighted by atomic mass is 15.2. The Bertz CT molecular complexity index is 504. The van der Waals surface area contributed by atoms with Crippen molar-refractivity contribution >= 4 is 5.96 Å². The number of guanidine groups is 1. The SMILES string of the molecule is CCC(C)NC(=NC)NCc1cccc(CN2CCCCCC2)c1. The van der Waals surface area contributed by atoms with Crippen LogP contribution >= 0.6 is 0 Å². The van der Waals surface area contributed by atoms with Gasteiger partial charge in [0.1, 0.15) is 0 Å². The van der Waals surface area contributed by atoms with Gasteiger partial charge in [0.25, 0.3) is 0 Å². The van der Waals surface area contributed by atoms with Crippen LogP contribution in [0, 0.1) is 0 Å². The van der Waals surface area contributed by atoms with Crippen molar-refractivity contribution < 1.29 is 0 Å². The number of hydrogen-bond acceptors (Lipinski definition) is 2. The van der Waals surface area contributed by atoms with Gasteiger partial charge in [-0.3, -0.25) is 9.89 Å². The third-order valence-electron chi connectivity index (χ3n) is 4.78. The van der Waals surface area contributed by atoms with E-state index in [4.69, 9.17) is 0 Å². The molecule has 0 aromatic heterocycles. The molecule has 1 aliphatic heterocycles. The lowest BCUT2D eigenvalue weighted by Crippen LogP contribution is -2.41. The number of rotatable bonds is 6. The molecule has 1 heterocycles. The molecular weight excluding hydrogens is 296 g/mol. The van der Waals surface area contributed by atoms with E-state index in [1.807, 2.05) is 7.05 Å². The minimum atomic E-state index is 0.436. The Labute approximate surface area is 147 Å². The van der Waals surface area contributed by atoms with Crippen LogP contribution in [-0.2, 0) is 13.1 Å². The molecule has 1 atom stereocenters. The monoisotopic (exact) mass is 330 g/mol. The highest BCUT2D eigenvalue weighted by Crippen LogP contribution is 2.14. The second-order valence-electron chi connectivity index (χ2n) is 6.89. The fraction of sp³-hybridized carbons (Fsp3) is 0.650. The standard InChI is InChI=1S/C20H34N4/c1-4-17(2)23-20(21-3)22-15-18-10-9-11-19(14-18)16-24-12-7-5-6-8-13-24/h9-11,14,17H,4-8,12-13,15-16H2,1-3H3,(H2,21,22,23). The normalized spacial score (nSPS) is 18.0. The highest BCUT2D eigenvalue weighted by molar-refractivity contribution is 5.79. The molecular formula is C20H34N4. The van der Waals surface area contributed by atoms with Crippen LogP contribution < -0.4 is 10.6 Å². The summed E-state index contributed by atoms with van der Waals surface area (Å²) in [5.74, 6) is 0.877. The van der Waals surface area contributed by atoms with Gasteiger partial charge < -0.3 is 10.6 Å². The van der Waals surface area contributed by atoms with E-state index in [0.29, 0.717) is 6.04 Å². The van der Waals surface area contributed by atoms with Crippen LogP contribution in [0.25, 0.3) is 0 Å². The van der Waals surface area contributed by atoms with Crippen molar-refractivity contribution in [2.45, 2.75) is 65.1 Å². The summed E-state index contributed by atoms with van der Waals surface area (Å²) in [5.41, 5.74) is 2.73. The van der Waals surface area contributed by atoms with Gasteiger partial charge in [0.15, 0.2) is 5.96 Å². The molecule has 1 fully saturated rings. The van der Waals surface area contributed by atoms with E-state index >= 15 is 0 Å². The first-order valence-electron chi connectivity index (χ1n) is 9.48. The minimum absolute atomic E-state index is 0.436. The Balaban J connectivity index is 1.87. The lowest BCUT2D eigenvalue weighted by Gasteiger charge is -2.20. The summed E-state index contributed by atoms with van der Waals surface area (Å²) < 4.78 is 0. The number of hydrogen-bond donors (Lipinski definition) is 2.